The Balaban J connectivity index is 2.23. The van der Waals surface area contributed by atoms with Crippen LogP contribution in [0.3, 0.4) is 0 Å². The van der Waals surface area contributed by atoms with Crippen molar-refractivity contribution < 1.29 is 4.39 Å². The normalized spacial score (nSPS) is 12.4. The highest BCUT2D eigenvalue weighted by Gasteiger charge is 2.12. The summed E-state index contributed by atoms with van der Waals surface area (Å²) in [6, 6.07) is 6.92. The van der Waals surface area contributed by atoms with Crippen molar-refractivity contribution in [3.05, 3.63) is 59.2 Å². The summed E-state index contributed by atoms with van der Waals surface area (Å²) in [6.45, 7) is 1.99. The Morgan fingerprint density at radius 3 is 2.78 bits per heavy atom. The molecule has 4 heteroatoms. The number of nitrogens with one attached hydrogen (secondary N) is 1. The van der Waals surface area contributed by atoms with E-state index in [2.05, 4.69) is 15.5 Å². The number of rotatable bonds is 4. The summed E-state index contributed by atoms with van der Waals surface area (Å²) >= 11 is 0. The quantitative estimate of drug-likeness (QED) is 0.899. The van der Waals surface area contributed by atoms with E-state index in [1.165, 1.54) is 6.07 Å². The molecule has 1 atom stereocenters. The molecule has 0 spiro atoms. The monoisotopic (exact) mass is 245 g/mol. The van der Waals surface area contributed by atoms with Crippen LogP contribution in [0.4, 0.5) is 4.39 Å². The van der Waals surface area contributed by atoms with E-state index in [1.54, 1.807) is 18.5 Å². The first kappa shape index (κ1) is 12.6. The fraction of sp³-hybridized carbons (Fsp3) is 0.286. The summed E-state index contributed by atoms with van der Waals surface area (Å²) in [7, 11) is 1.89. The van der Waals surface area contributed by atoms with E-state index in [-0.39, 0.29) is 11.9 Å². The molecule has 0 aliphatic carbocycles. The molecule has 18 heavy (non-hydrogen) atoms. The van der Waals surface area contributed by atoms with Crippen LogP contribution in [0, 0.1) is 12.7 Å². The Labute approximate surface area is 106 Å². The van der Waals surface area contributed by atoms with Gasteiger partial charge < -0.3 is 5.32 Å². The maximum Gasteiger partial charge on any atom is 0.123 e. The second-order valence-corrected chi connectivity index (χ2v) is 4.29. The van der Waals surface area contributed by atoms with Crippen LogP contribution < -0.4 is 5.32 Å². The van der Waals surface area contributed by atoms with Crippen molar-refractivity contribution in [2.45, 2.75) is 19.4 Å². The maximum atomic E-state index is 13.3. The fourth-order valence-electron chi connectivity index (χ4n) is 1.97. The molecule has 0 amide bonds. The average molecular weight is 245 g/mol. The van der Waals surface area contributed by atoms with Gasteiger partial charge in [-0.05, 0) is 55.3 Å². The summed E-state index contributed by atoms with van der Waals surface area (Å²) in [5.41, 5.74) is 3.15. The van der Waals surface area contributed by atoms with Crippen LogP contribution in [-0.4, -0.2) is 17.2 Å². The van der Waals surface area contributed by atoms with Crippen LogP contribution in [0.2, 0.25) is 0 Å². The van der Waals surface area contributed by atoms with Crippen LogP contribution in [0.1, 0.15) is 22.7 Å². The van der Waals surface area contributed by atoms with Crippen LogP contribution in [-0.2, 0) is 6.42 Å². The lowest BCUT2D eigenvalue weighted by molar-refractivity contribution is 0.579. The number of halogens is 1. The van der Waals surface area contributed by atoms with Crippen molar-refractivity contribution in [2.75, 3.05) is 7.05 Å². The first-order chi connectivity index (χ1) is 8.70. The van der Waals surface area contributed by atoms with Gasteiger partial charge in [-0.15, -0.1) is 0 Å². The van der Waals surface area contributed by atoms with Crippen molar-refractivity contribution in [3.8, 4) is 0 Å². The van der Waals surface area contributed by atoms with Gasteiger partial charge in [0, 0.05) is 12.2 Å². The molecule has 0 aliphatic rings. The molecule has 94 valence electrons. The van der Waals surface area contributed by atoms with E-state index < -0.39 is 0 Å². The lowest BCUT2D eigenvalue weighted by Crippen LogP contribution is -2.19. The molecule has 0 aliphatic heterocycles. The number of hydrogen-bond acceptors (Lipinski definition) is 3. The first-order valence-corrected chi connectivity index (χ1v) is 5.89. The van der Waals surface area contributed by atoms with E-state index in [0.717, 1.165) is 23.1 Å². The van der Waals surface area contributed by atoms with Gasteiger partial charge in [0.25, 0.3) is 0 Å². The number of aromatic nitrogens is 2. The van der Waals surface area contributed by atoms with E-state index in [9.17, 15) is 4.39 Å². The van der Waals surface area contributed by atoms with Gasteiger partial charge in [0.15, 0.2) is 0 Å². The van der Waals surface area contributed by atoms with Gasteiger partial charge in [-0.2, -0.15) is 10.2 Å². The molecule has 3 nitrogen and oxygen atoms in total. The van der Waals surface area contributed by atoms with Gasteiger partial charge >= 0.3 is 0 Å². The highest BCUT2D eigenvalue weighted by atomic mass is 19.1. The molecule has 0 saturated heterocycles. The molecule has 2 rings (SSSR count). The fourth-order valence-corrected chi connectivity index (χ4v) is 1.97. The average Bonchev–Trinajstić information content (AvgIpc) is 2.41. The number of hydrogen-bond donors (Lipinski definition) is 1. The third-order valence-electron chi connectivity index (χ3n) is 3.09. The van der Waals surface area contributed by atoms with Crippen LogP contribution in [0.25, 0.3) is 0 Å². The number of aryl methyl sites for hydroxylation is 1. The topological polar surface area (TPSA) is 37.8 Å². The molecular weight excluding hydrogens is 229 g/mol. The molecule has 2 aromatic rings. The van der Waals surface area contributed by atoms with Crippen molar-refractivity contribution in [1.82, 2.24) is 15.5 Å². The lowest BCUT2D eigenvalue weighted by atomic mass is 9.97. The van der Waals surface area contributed by atoms with E-state index >= 15 is 0 Å². The highest BCUT2D eigenvalue weighted by molar-refractivity contribution is 5.29. The number of likely N-dealkylation sites (N-methyl/N-ethyl adjacent to an activating group) is 1. The Kier molecular flexibility index (Phi) is 3.99. The van der Waals surface area contributed by atoms with Crippen molar-refractivity contribution in [3.63, 3.8) is 0 Å². The van der Waals surface area contributed by atoms with Gasteiger partial charge in [0.1, 0.15) is 5.82 Å². The Hall–Kier alpha value is -1.81. The summed E-state index contributed by atoms with van der Waals surface area (Å²) in [5.74, 6) is -0.196. The van der Waals surface area contributed by atoms with Gasteiger partial charge in [0.2, 0.25) is 0 Å². The van der Waals surface area contributed by atoms with Gasteiger partial charge in [-0.25, -0.2) is 4.39 Å². The summed E-state index contributed by atoms with van der Waals surface area (Å²) in [4.78, 5) is 0. The molecule has 1 aromatic carbocycles. The second kappa shape index (κ2) is 5.69. The summed E-state index contributed by atoms with van der Waals surface area (Å²) < 4.78 is 13.3. The molecular formula is C14H16FN3. The predicted molar refractivity (Wildman–Crippen MR) is 68.7 cm³/mol. The molecule has 0 radical (unpaired) electrons. The SMILES string of the molecule is CNC(Cc1cc(F)ccc1C)c1ccnnc1. The van der Waals surface area contributed by atoms with Crippen molar-refractivity contribution in [1.29, 1.82) is 0 Å². The lowest BCUT2D eigenvalue weighted by Gasteiger charge is -2.17. The van der Waals surface area contributed by atoms with Crippen LogP contribution >= 0.6 is 0 Å². The first-order valence-electron chi connectivity index (χ1n) is 5.89. The van der Waals surface area contributed by atoms with Gasteiger partial charge in [-0.3, -0.25) is 0 Å². The Bertz CT molecular complexity index is 514. The molecule has 0 fully saturated rings. The van der Waals surface area contributed by atoms with Gasteiger partial charge in [0.05, 0.1) is 6.20 Å². The molecule has 1 heterocycles. The summed E-state index contributed by atoms with van der Waals surface area (Å²) in [6.07, 6.45) is 4.12. The van der Waals surface area contributed by atoms with Crippen LogP contribution in [0.5, 0.6) is 0 Å². The number of benzene rings is 1. The zero-order valence-corrected chi connectivity index (χ0v) is 10.5. The zero-order valence-electron chi connectivity index (χ0n) is 10.5. The largest absolute Gasteiger partial charge is 0.313 e. The minimum absolute atomic E-state index is 0.112. The summed E-state index contributed by atoms with van der Waals surface area (Å²) in [5, 5.41) is 10.9. The van der Waals surface area contributed by atoms with Gasteiger partial charge in [-0.1, -0.05) is 6.07 Å². The smallest absolute Gasteiger partial charge is 0.123 e. The Morgan fingerprint density at radius 2 is 2.11 bits per heavy atom. The van der Waals surface area contributed by atoms with Crippen molar-refractivity contribution >= 4 is 0 Å². The number of nitrogens with zero attached hydrogens (tertiary/aromatic N) is 2. The second-order valence-electron chi connectivity index (χ2n) is 4.29. The predicted octanol–water partition coefficient (Wildman–Crippen LogP) is 2.43. The van der Waals surface area contributed by atoms with E-state index in [4.69, 9.17) is 0 Å². The Morgan fingerprint density at radius 1 is 1.28 bits per heavy atom. The minimum atomic E-state index is -0.196. The van der Waals surface area contributed by atoms with E-state index in [0.29, 0.717) is 0 Å². The third kappa shape index (κ3) is 2.90. The third-order valence-corrected chi connectivity index (χ3v) is 3.09. The molecule has 0 saturated carbocycles. The molecule has 0 bridgehead atoms. The van der Waals surface area contributed by atoms with Crippen LogP contribution in [0.15, 0.2) is 36.7 Å². The maximum absolute atomic E-state index is 13.3. The zero-order chi connectivity index (χ0) is 13.0. The minimum Gasteiger partial charge on any atom is -0.313 e. The molecule has 1 unspecified atom stereocenters. The highest BCUT2D eigenvalue weighted by Crippen LogP contribution is 2.20. The standard InChI is InChI=1S/C14H16FN3/c1-10-3-4-13(15)7-12(10)8-14(16-2)11-5-6-17-18-9-11/h3-7,9,14,16H,8H2,1-2H3. The molecule has 1 N–H and O–H groups in total. The van der Waals surface area contributed by atoms with E-state index in [1.807, 2.05) is 26.1 Å². The molecule has 1 aromatic heterocycles. The van der Waals surface area contributed by atoms with Crippen molar-refractivity contribution in [2.24, 2.45) is 0 Å².